The average Bonchev–Trinajstić information content (AvgIpc) is 2.75. The van der Waals surface area contributed by atoms with Crippen molar-refractivity contribution >= 4 is 35.3 Å². The molecule has 1 N–H and O–H groups in total. The summed E-state index contributed by atoms with van der Waals surface area (Å²) in [6.07, 6.45) is 3.25. The van der Waals surface area contributed by atoms with Gasteiger partial charge in [0.05, 0.1) is 5.69 Å². The third-order valence-corrected chi connectivity index (χ3v) is 6.68. The molecule has 2 aromatic carbocycles. The van der Waals surface area contributed by atoms with Crippen LogP contribution in [0.15, 0.2) is 48.0 Å². The van der Waals surface area contributed by atoms with E-state index in [0.29, 0.717) is 18.0 Å². The third kappa shape index (κ3) is 3.60. The number of carbonyl (C=O) groups is 3. The molecule has 2 aliphatic heterocycles. The highest BCUT2D eigenvalue weighted by Gasteiger charge is 2.38. The van der Waals surface area contributed by atoms with Crippen LogP contribution in [0.25, 0.3) is 6.08 Å². The molecule has 0 bridgehead atoms. The number of aryl methyl sites for hydroxylation is 1. The fourth-order valence-electron chi connectivity index (χ4n) is 4.76. The lowest BCUT2D eigenvalue weighted by Crippen LogP contribution is -2.54. The summed E-state index contributed by atoms with van der Waals surface area (Å²) in [5.74, 6) is -0.933. The quantitative estimate of drug-likeness (QED) is 0.568. The number of fused-ring (bicyclic) bond motifs is 1. The minimum absolute atomic E-state index is 0.0485. The van der Waals surface area contributed by atoms with E-state index in [4.69, 9.17) is 0 Å². The topological polar surface area (TPSA) is 69.7 Å². The number of imide groups is 2. The second-order valence-corrected chi connectivity index (χ2v) is 9.23. The van der Waals surface area contributed by atoms with Gasteiger partial charge in [0, 0.05) is 18.3 Å². The van der Waals surface area contributed by atoms with Gasteiger partial charge in [0.25, 0.3) is 11.8 Å². The highest BCUT2D eigenvalue weighted by molar-refractivity contribution is 6.39. The van der Waals surface area contributed by atoms with Crippen LogP contribution in [0.5, 0.6) is 0 Å². The van der Waals surface area contributed by atoms with Gasteiger partial charge in [-0.25, -0.2) is 9.69 Å². The molecule has 2 heterocycles. The Hall–Kier alpha value is -3.41. The first kappa shape index (κ1) is 21.8. The molecular weight excluding hydrogens is 402 g/mol. The Morgan fingerprint density at radius 3 is 2.53 bits per heavy atom. The predicted molar refractivity (Wildman–Crippen MR) is 127 cm³/mol. The Bertz CT molecular complexity index is 1150. The maximum Gasteiger partial charge on any atom is 0.335 e. The van der Waals surface area contributed by atoms with Gasteiger partial charge in [0.1, 0.15) is 5.57 Å². The van der Waals surface area contributed by atoms with E-state index >= 15 is 0 Å². The number of benzene rings is 2. The van der Waals surface area contributed by atoms with Crippen molar-refractivity contribution in [2.75, 3.05) is 16.8 Å². The lowest BCUT2D eigenvalue weighted by atomic mass is 9.80. The Balaban J connectivity index is 1.74. The van der Waals surface area contributed by atoms with Gasteiger partial charge in [-0.05, 0) is 73.6 Å². The molecule has 0 unspecified atom stereocenters. The van der Waals surface area contributed by atoms with E-state index in [1.165, 1.54) is 5.56 Å². The predicted octanol–water partition coefficient (Wildman–Crippen LogP) is 4.64. The highest BCUT2D eigenvalue weighted by Crippen LogP contribution is 2.42. The summed E-state index contributed by atoms with van der Waals surface area (Å²) in [7, 11) is 2.09. The van der Waals surface area contributed by atoms with Gasteiger partial charge in [-0.2, -0.15) is 0 Å². The van der Waals surface area contributed by atoms with Crippen molar-refractivity contribution in [3.05, 3.63) is 64.7 Å². The van der Waals surface area contributed by atoms with E-state index in [9.17, 15) is 14.4 Å². The number of carbonyl (C=O) groups excluding carboxylic acids is 3. The first-order chi connectivity index (χ1) is 15.1. The fraction of sp³-hybridized carbons (Fsp3) is 0.346. The summed E-state index contributed by atoms with van der Waals surface area (Å²) < 4.78 is 0. The van der Waals surface area contributed by atoms with Crippen molar-refractivity contribution in [1.82, 2.24) is 5.32 Å². The summed E-state index contributed by atoms with van der Waals surface area (Å²) in [6, 6.07) is 12.5. The number of amides is 4. The maximum absolute atomic E-state index is 13.3. The molecule has 0 radical (unpaired) electrons. The fourth-order valence-corrected chi connectivity index (χ4v) is 4.76. The molecule has 4 amide bonds. The number of anilines is 2. The zero-order chi connectivity index (χ0) is 23.2. The van der Waals surface area contributed by atoms with Gasteiger partial charge in [-0.15, -0.1) is 0 Å². The van der Waals surface area contributed by atoms with E-state index in [0.717, 1.165) is 28.1 Å². The summed E-state index contributed by atoms with van der Waals surface area (Å²) in [5.41, 5.74) is 4.47. The van der Waals surface area contributed by atoms with Crippen LogP contribution in [0.4, 0.5) is 16.2 Å². The molecule has 1 atom stereocenters. The van der Waals surface area contributed by atoms with Crippen LogP contribution in [0.3, 0.4) is 0 Å². The first-order valence-electron chi connectivity index (χ1n) is 11.0. The lowest BCUT2D eigenvalue weighted by molar-refractivity contribution is -0.122. The highest BCUT2D eigenvalue weighted by atomic mass is 16.2. The van der Waals surface area contributed by atoms with Crippen molar-refractivity contribution < 1.29 is 14.4 Å². The van der Waals surface area contributed by atoms with Gasteiger partial charge >= 0.3 is 6.03 Å². The van der Waals surface area contributed by atoms with Crippen LogP contribution in [0, 0.1) is 0 Å². The number of hydrogen-bond donors (Lipinski definition) is 1. The summed E-state index contributed by atoms with van der Waals surface area (Å²) >= 11 is 0. The standard InChI is InChI=1S/C26H29N3O3/c1-6-18-9-7-8-10-21(18)29-24(31)20(23(30)27-25(29)32)14-17-11-12-22-19(13-17)16(2)15-26(3,4)28(22)5/h7-14,16H,6,15H2,1-5H3,(H,27,30,32)/b20-14+/t16-/m0/s1. The first-order valence-corrected chi connectivity index (χ1v) is 11.0. The number of hydrogen-bond acceptors (Lipinski definition) is 4. The molecule has 0 aliphatic carbocycles. The van der Waals surface area contributed by atoms with Gasteiger partial charge < -0.3 is 4.90 Å². The molecule has 1 fully saturated rings. The number of urea groups is 1. The molecule has 6 nitrogen and oxygen atoms in total. The molecule has 1 saturated heterocycles. The van der Waals surface area contributed by atoms with E-state index in [1.807, 2.05) is 37.3 Å². The van der Waals surface area contributed by atoms with Crippen LogP contribution in [0.1, 0.15) is 56.7 Å². The molecule has 166 valence electrons. The smallest absolute Gasteiger partial charge is 0.335 e. The van der Waals surface area contributed by atoms with Crippen LogP contribution >= 0.6 is 0 Å². The van der Waals surface area contributed by atoms with E-state index in [2.05, 4.69) is 38.0 Å². The van der Waals surface area contributed by atoms with E-state index in [-0.39, 0.29) is 11.1 Å². The van der Waals surface area contributed by atoms with Crippen molar-refractivity contribution in [2.24, 2.45) is 0 Å². The third-order valence-electron chi connectivity index (χ3n) is 6.68. The lowest BCUT2D eigenvalue weighted by Gasteiger charge is -2.45. The molecule has 4 rings (SSSR count). The zero-order valence-corrected chi connectivity index (χ0v) is 19.2. The van der Waals surface area contributed by atoms with E-state index in [1.54, 1.807) is 18.2 Å². The Morgan fingerprint density at radius 2 is 1.81 bits per heavy atom. The van der Waals surface area contributed by atoms with Gasteiger partial charge in [0.15, 0.2) is 0 Å². The second kappa shape index (κ2) is 7.93. The van der Waals surface area contributed by atoms with Gasteiger partial charge in [-0.3, -0.25) is 14.9 Å². The molecule has 0 spiro atoms. The zero-order valence-electron chi connectivity index (χ0n) is 19.2. The van der Waals surface area contributed by atoms with Crippen LogP contribution in [0.2, 0.25) is 0 Å². The number of nitrogens with one attached hydrogen (secondary N) is 1. The molecular formula is C26H29N3O3. The monoisotopic (exact) mass is 431 g/mol. The molecule has 0 saturated carbocycles. The summed E-state index contributed by atoms with van der Waals surface area (Å²) in [5, 5.41) is 2.32. The molecule has 6 heteroatoms. The summed E-state index contributed by atoms with van der Waals surface area (Å²) in [6.45, 7) is 8.62. The second-order valence-electron chi connectivity index (χ2n) is 9.23. The largest absolute Gasteiger partial charge is 0.369 e. The SMILES string of the molecule is CCc1ccccc1N1C(=O)NC(=O)/C(=C\c2ccc3c(c2)[C@@H](C)CC(C)(C)N3C)C1=O. The molecule has 2 aliphatic rings. The van der Waals surface area contributed by atoms with Crippen LogP contribution < -0.4 is 15.1 Å². The van der Waals surface area contributed by atoms with Crippen molar-refractivity contribution in [3.8, 4) is 0 Å². The molecule has 32 heavy (non-hydrogen) atoms. The maximum atomic E-state index is 13.3. The van der Waals surface area contributed by atoms with Crippen LogP contribution in [-0.4, -0.2) is 30.4 Å². The number of nitrogens with zero attached hydrogens (tertiary/aromatic N) is 2. The average molecular weight is 432 g/mol. The van der Waals surface area contributed by atoms with Crippen molar-refractivity contribution in [3.63, 3.8) is 0 Å². The normalized spacial score (nSPS) is 21.6. The number of para-hydroxylation sites is 1. The minimum Gasteiger partial charge on any atom is -0.369 e. The number of barbiturate groups is 1. The van der Waals surface area contributed by atoms with Gasteiger partial charge in [-0.1, -0.05) is 38.1 Å². The molecule has 2 aromatic rings. The van der Waals surface area contributed by atoms with Crippen molar-refractivity contribution in [1.29, 1.82) is 0 Å². The Morgan fingerprint density at radius 1 is 1.09 bits per heavy atom. The minimum atomic E-state index is -0.721. The Labute approximate surface area is 188 Å². The van der Waals surface area contributed by atoms with Crippen molar-refractivity contribution in [2.45, 2.75) is 52.0 Å². The number of rotatable bonds is 3. The summed E-state index contributed by atoms with van der Waals surface area (Å²) in [4.78, 5) is 41.8. The molecule has 0 aromatic heterocycles. The van der Waals surface area contributed by atoms with Crippen LogP contribution in [-0.2, 0) is 16.0 Å². The van der Waals surface area contributed by atoms with Gasteiger partial charge in [0.2, 0.25) is 0 Å². The van der Waals surface area contributed by atoms with E-state index < -0.39 is 17.8 Å². The Kier molecular flexibility index (Phi) is 5.41.